The van der Waals surface area contributed by atoms with Crippen molar-refractivity contribution in [1.82, 2.24) is 15.1 Å². The molecule has 1 aliphatic heterocycles. The number of benzene rings is 3. The minimum atomic E-state index is -0.616. The van der Waals surface area contributed by atoms with Crippen molar-refractivity contribution in [1.29, 1.82) is 0 Å². The third-order valence-electron chi connectivity index (χ3n) is 7.12. The molecule has 3 N–H and O–H groups in total. The molecule has 0 saturated carbocycles. The first-order valence-electron chi connectivity index (χ1n) is 13.4. The van der Waals surface area contributed by atoms with Crippen LogP contribution < -0.4 is 15.5 Å². The van der Waals surface area contributed by atoms with Gasteiger partial charge in [-0.3, -0.25) is 9.89 Å². The molecule has 1 atom stereocenters. The molecule has 1 unspecified atom stereocenters. The number of halogens is 2. The first-order chi connectivity index (χ1) is 19.3. The third kappa shape index (κ3) is 6.40. The molecule has 210 valence electrons. The van der Waals surface area contributed by atoms with E-state index in [-0.39, 0.29) is 11.9 Å². The number of hydrogen-bond acceptors (Lipinski definition) is 6. The van der Waals surface area contributed by atoms with Crippen molar-refractivity contribution in [2.45, 2.75) is 19.4 Å². The van der Waals surface area contributed by atoms with Gasteiger partial charge in [-0.05, 0) is 74.0 Å². The summed E-state index contributed by atoms with van der Waals surface area (Å²) in [6.45, 7) is 6.28. The summed E-state index contributed by atoms with van der Waals surface area (Å²) in [5.74, 6) is -1.15. The van der Waals surface area contributed by atoms with Gasteiger partial charge >= 0.3 is 0 Å². The van der Waals surface area contributed by atoms with Gasteiger partial charge in [-0.25, -0.2) is 8.78 Å². The van der Waals surface area contributed by atoms with Crippen LogP contribution in [0.15, 0.2) is 54.6 Å². The average molecular weight is 549 g/mol. The second kappa shape index (κ2) is 12.0. The van der Waals surface area contributed by atoms with Crippen LogP contribution in [0.1, 0.15) is 28.4 Å². The van der Waals surface area contributed by atoms with Gasteiger partial charge in [0.25, 0.3) is 5.91 Å². The van der Waals surface area contributed by atoms with Crippen molar-refractivity contribution in [3.05, 3.63) is 82.9 Å². The normalized spacial score (nSPS) is 14.9. The number of hydrogen-bond donors (Lipinski definition) is 3. The molecule has 1 fully saturated rings. The number of nitrogens with one attached hydrogen (secondary N) is 3. The Morgan fingerprint density at radius 2 is 1.77 bits per heavy atom. The van der Waals surface area contributed by atoms with Crippen LogP contribution in [0.2, 0.25) is 0 Å². The lowest BCUT2D eigenvalue weighted by molar-refractivity contribution is 0.102. The Balaban J connectivity index is 1.40. The van der Waals surface area contributed by atoms with E-state index in [1.807, 2.05) is 43.3 Å². The number of nitrogens with zero attached hydrogens (tertiary/aromatic N) is 3. The van der Waals surface area contributed by atoms with Crippen LogP contribution in [-0.4, -0.2) is 74.0 Å². The highest BCUT2D eigenvalue weighted by molar-refractivity contribution is 6.11. The van der Waals surface area contributed by atoms with Crippen molar-refractivity contribution < 1.29 is 18.3 Å². The molecule has 40 heavy (non-hydrogen) atoms. The third-order valence-corrected chi connectivity index (χ3v) is 7.12. The first-order valence-corrected chi connectivity index (χ1v) is 13.4. The van der Waals surface area contributed by atoms with Crippen molar-refractivity contribution in [2.24, 2.45) is 0 Å². The number of amides is 1. The molecule has 0 aliphatic carbocycles. The van der Waals surface area contributed by atoms with Gasteiger partial charge in [0.2, 0.25) is 0 Å². The van der Waals surface area contributed by atoms with E-state index >= 15 is 0 Å². The number of carbonyl (C=O) groups excluding carboxylic acids is 1. The number of likely N-dealkylation sites (N-methyl/N-ethyl adjacent to an activating group) is 1. The minimum absolute atomic E-state index is 0.0132. The van der Waals surface area contributed by atoms with Crippen LogP contribution >= 0.6 is 0 Å². The lowest BCUT2D eigenvalue weighted by Crippen LogP contribution is -2.44. The fraction of sp³-hybridized carbons (Fsp3) is 0.333. The summed E-state index contributed by atoms with van der Waals surface area (Å²) < 4.78 is 32.7. The van der Waals surface area contributed by atoms with Gasteiger partial charge in [-0.2, -0.15) is 5.10 Å². The van der Waals surface area contributed by atoms with Gasteiger partial charge in [-0.1, -0.05) is 6.07 Å². The zero-order valence-corrected chi connectivity index (χ0v) is 22.9. The quantitative estimate of drug-likeness (QED) is 0.276. The fourth-order valence-electron chi connectivity index (χ4n) is 5.06. The lowest BCUT2D eigenvalue weighted by Gasteiger charge is -2.34. The van der Waals surface area contributed by atoms with Gasteiger partial charge in [0, 0.05) is 62.2 Å². The average Bonchev–Trinajstić information content (AvgIpc) is 3.30. The van der Waals surface area contributed by atoms with E-state index < -0.39 is 11.6 Å². The summed E-state index contributed by atoms with van der Waals surface area (Å²) in [4.78, 5) is 18.2. The summed E-state index contributed by atoms with van der Waals surface area (Å²) in [6, 6.07) is 14.9. The summed E-state index contributed by atoms with van der Waals surface area (Å²) in [5.41, 5.74) is 4.35. The van der Waals surface area contributed by atoms with E-state index in [0.717, 1.165) is 49.0 Å². The molecule has 10 heteroatoms. The van der Waals surface area contributed by atoms with Crippen molar-refractivity contribution in [3.63, 3.8) is 0 Å². The predicted molar refractivity (Wildman–Crippen MR) is 154 cm³/mol. The van der Waals surface area contributed by atoms with Crippen molar-refractivity contribution >= 4 is 34.0 Å². The number of methoxy groups -OCH3 is 1. The maximum Gasteiger partial charge on any atom is 0.258 e. The van der Waals surface area contributed by atoms with E-state index in [0.29, 0.717) is 41.0 Å². The van der Waals surface area contributed by atoms with Crippen LogP contribution in [0, 0.1) is 11.6 Å². The fourth-order valence-corrected chi connectivity index (χ4v) is 5.06. The largest absolute Gasteiger partial charge is 0.383 e. The van der Waals surface area contributed by atoms with Gasteiger partial charge in [0.15, 0.2) is 5.82 Å². The number of aromatic amines is 1. The first kappa shape index (κ1) is 27.5. The second-order valence-corrected chi connectivity index (χ2v) is 10.4. The van der Waals surface area contributed by atoms with Crippen LogP contribution in [0.5, 0.6) is 0 Å². The topological polar surface area (TPSA) is 85.5 Å². The monoisotopic (exact) mass is 548 g/mol. The summed E-state index contributed by atoms with van der Waals surface area (Å²) in [5, 5.41) is 14.4. The van der Waals surface area contributed by atoms with Gasteiger partial charge in [0.05, 0.1) is 17.7 Å². The maximum absolute atomic E-state index is 13.7. The smallest absolute Gasteiger partial charge is 0.258 e. The Bertz CT molecular complexity index is 1480. The van der Waals surface area contributed by atoms with E-state index in [1.54, 1.807) is 7.11 Å². The highest BCUT2D eigenvalue weighted by atomic mass is 19.1. The Hall–Kier alpha value is -4.02. The minimum Gasteiger partial charge on any atom is -0.383 e. The molecule has 1 saturated heterocycles. The van der Waals surface area contributed by atoms with Crippen LogP contribution in [0.4, 0.5) is 26.0 Å². The molecule has 5 rings (SSSR count). The van der Waals surface area contributed by atoms with E-state index in [4.69, 9.17) is 4.74 Å². The Morgan fingerprint density at radius 1 is 1.02 bits per heavy atom. The molecule has 0 spiro atoms. The standard InChI is InChI=1S/C30H34F2N6O2/c1-19(18-40-3)33-28-17-24(38-10-8-37(2)9-11-38)5-6-25(28)30(39)34-29-26-15-20(4-7-27(26)35-36-29)12-21-13-22(31)16-23(32)14-21/h4-7,13-17,19,33H,8-12,18H2,1-3H3,(H2,34,35,36,39). The predicted octanol–water partition coefficient (Wildman–Crippen LogP) is 4.88. The highest BCUT2D eigenvalue weighted by Crippen LogP contribution is 2.28. The number of ether oxygens (including phenoxy) is 1. The van der Waals surface area contributed by atoms with Crippen molar-refractivity contribution in [2.75, 3.05) is 62.5 Å². The molecule has 2 heterocycles. The second-order valence-electron chi connectivity index (χ2n) is 10.4. The Kier molecular flexibility index (Phi) is 8.27. The van der Waals surface area contributed by atoms with E-state index in [1.165, 1.54) is 12.1 Å². The zero-order valence-electron chi connectivity index (χ0n) is 22.9. The summed E-state index contributed by atoms with van der Waals surface area (Å²) in [6.07, 6.45) is 0.336. The molecular weight excluding hydrogens is 514 g/mol. The molecular formula is C30H34F2N6O2. The number of aromatic nitrogens is 2. The molecule has 1 aliphatic rings. The zero-order chi connectivity index (χ0) is 28.2. The molecule has 0 radical (unpaired) electrons. The Morgan fingerprint density at radius 3 is 2.50 bits per heavy atom. The molecule has 3 aromatic carbocycles. The number of H-pyrrole nitrogens is 1. The van der Waals surface area contributed by atoms with Crippen LogP contribution in [-0.2, 0) is 11.2 Å². The van der Waals surface area contributed by atoms with Gasteiger partial charge < -0.3 is 25.2 Å². The van der Waals surface area contributed by atoms with Crippen LogP contribution in [0.25, 0.3) is 10.9 Å². The molecule has 1 amide bonds. The number of anilines is 3. The van der Waals surface area contributed by atoms with E-state index in [9.17, 15) is 13.6 Å². The highest BCUT2D eigenvalue weighted by Gasteiger charge is 2.20. The molecule has 0 bridgehead atoms. The molecule has 1 aromatic heterocycles. The molecule has 8 nitrogen and oxygen atoms in total. The molecule has 4 aromatic rings. The maximum atomic E-state index is 13.7. The summed E-state index contributed by atoms with van der Waals surface area (Å²) in [7, 11) is 3.77. The lowest BCUT2D eigenvalue weighted by atomic mass is 10.0. The number of piperazine rings is 1. The number of fused-ring (bicyclic) bond motifs is 1. The number of carbonyl (C=O) groups is 1. The van der Waals surface area contributed by atoms with Gasteiger partial charge in [-0.15, -0.1) is 0 Å². The van der Waals surface area contributed by atoms with E-state index in [2.05, 4.69) is 37.7 Å². The number of rotatable bonds is 9. The van der Waals surface area contributed by atoms with Crippen LogP contribution in [0.3, 0.4) is 0 Å². The Labute approximate surface area is 232 Å². The SMILES string of the molecule is COCC(C)Nc1cc(N2CCN(C)CC2)ccc1C(=O)Nc1n[nH]c2ccc(Cc3cc(F)cc(F)c3)cc12. The van der Waals surface area contributed by atoms with Crippen molar-refractivity contribution in [3.8, 4) is 0 Å². The summed E-state index contributed by atoms with van der Waals surface area (Å²) >= 11 is 0. The van der Waals surface area contributed by atoms with Gasteiger partial charge in [0.1, 0.15) is 11.6 Å².